The lowest BCUT2D eigenvalue weighted by Crippen LogP contribution is -1.91. The molecule has 0 aliphatic heterocycles. The molecule has 1 aromatic heterocycles. The van der Waals surface area contributed by atoms with Gasteiger partial charge in [0.25, 0.3) is 0 Å². The van der Waals surface area contributed by atoms with Gasteiger partial charge in [0.1, 0.15) is 5.75 Å². The molecule has 17 heavy (non-hydrogen) atoms. The summed E-state index contributed by atoms with van der Waals surface area (Å²) in [6.07, 6.45) is 1.62. The molecule has 1 N–H and O–H groups in total. The summed E-state index contributed by atoms with van der Waals surface area (Å²) in [5.41, 5.74) is 1.88. The van der Waals surface area contributed by atoms with E-state index in [-0.39, 0.29) is 6.61 Å². The molecule has 0 saturated heterocycles. The summed E-state index contributed by atoms with van der Waals surface area (Å²) in [5.74, 6) is 1.21. The van der Waals surface area contributed by atoms with Gasteiger partial charge in [0.05, 0.1) is 6.61 Å². The molecule has 3 nitrogen and oxygen atoms in total. The summed E-state index contributed by atoms with van der Waals surface area (Å²) in [7, 11) is 0. The Morgan fingerprint density at radius 1 is 1.29 bits per heavy atom. The standard InChI is InChI=1S/C13H12BrNO2/c1-9-6-11(2-3-12(9)14)17-13-7-10(8-16)4-5-15-13/h2-7,16H,8H2,1H3. The van der Waals surface area contributed by atoms with Crippen molar-refractivity contribution in [2.24, 2.45) is 0 Å². The van der Waals surface area contributed by atoms with Crippen LogP contribution in [-0.4, -0.2) is 10.1 Å². The average molecular weight is 294 g/mol. The second kappa shape index (κ2) is 5.29. The predicted octanol–water partition coefficient (Wildman–Crippen LogP) is 3.44. The molecule has 0 amide bonds. The first-order valence-corrected chi connectivity index (χ1v) is 5.98. The van der Waals surface area contributed by atoms with Crippen molar-refractivity contribution in [3.63, 3.8) is 0 Å². The Hall–Kier alpha value is -1.39. The SMILES string of the molecule is Cc1cc(Oc2cc(CO)ccn2)ccc1Br. The van der Waals surface area contributed by atoms with E-state index in [0.717, 1.165) is 21.3 Å². The van der Waals surface area contributed by atoms with Gasteiger partial charge in [0.15, 0.2) is 0 Å². The lowest BCUT2D eigenvalue weighted by molar-refractivity contribution is 0.281. The third-order valence-electron chi connectivity index (χ3n) is 2.33. The summed E-state index contributed by atoms with van der Waals surface area (Å²) < 4.78 is 6.66. The van der Waals surface area contributed by atoms with E-state index in [2.05, 4.69) is 20.9 Å². The average Bonchev–Trinajstić information content (AvgIpc) is 2.34. The number of rotatable bonds is 3. The van der Waals surface area contributed by atoms with Crippen LogP contribution in [0.25, 0.3) is 0 Å². The van der Waals surface area contributed by atoms with Crippen molar-refractivity contribution in [2.75, 3.05) is 0 Å². The highest BCUT2D eigenvalue weighted by Crippen LogP contribution is 2.25. The number of aromatic nitrogens is 1. The van der Waals surface area contributed by atoms with E-state index in [4.69, 9.17) is 9.84 Å². The summed E-state index contributed by atoms with van der Waals surface area (Å²) >= 11 is 3.43. The van der Waals surface area contributed by atoms with Crippen LogP contribution < -0.4 is 4.74 Å². The first-order chi connectivity index (χ1) is 8.19. The topological polar surface area (TPSA) is 42.4 Å². The number of aryl methyl sites for hydroxylation is 1. The molecule has 2 rings (SSSR count). The van der Waals surface area contributed by atoms with Crippen molar-refractivity contribution in [1.82, 2.24) is 4.98 Å². The van der Waals surface area contributed by atoms with Crippen LogP contribution in [0.5, 0.6) is 11.6 Å². The number of aliphatic hydroxyl groups is 1. The monoisotopic (exact) mass is 293 g/mol. The van der Waals surface area contributed by atoms with Crippen LogP contribution in [0, 0.1) is 6.92 Å². The zero-order chi connectivity index (χ0) is 12.3. The Labute approximate surface area is 108 Å². The van der Waals surface area contributed by atoms with Gasteiger partial charge >= 0.3 is 0 Å². The lowest BCUT2D eigenvalue weighted by atomic mass is 10.2. The zero-order valence-corrected chi connectivity index (χ0v) is 10.9. The number of ether oxygens (including phenoxy) is 1. The predicted molar refractivity (Wildman–Crippen MR) is 69.1 cm³/mol. The van der Waals surface area contributed by atoms with Crippen molar-refractivity contribution >= 4 is 15.9 Å². The highest BCUT2D eigenvalue weighted by atomic mass is 79.9. The van der Waals surface area contributed by atoms with Gasteiger partial charge in [-0.3, -0.25) is 0 Å². The van der Waals surface area contributed by atoms with Gasteiger partial charge < -0.3 is 9.84 Å². The van der Waals surface area contributed by atoms with Gasteiger partial charge in [-0.25, -0.2) is 4.98 Å². The maximum Gasteiger partial charge on any atom is 0.219 e. The summed E-state index contributed by atoms with van der Waals surface area (Å²) in [6.45, 7) is 1.98. The number of benzene rings is 1. The first-order valence-electron chi connectivity index (χ1n) is 5.19. The van der Waals surface area contributed by atoms with E-state index in [9.17, 15) is 0 Å². The van der Waals surface area contributed by atoms with Crippen LogP contribution in [0.2, 0.25) is 0 Å². The van der Waals surface area contributed by atoms with Gasteiger partial charge in [0.2, 0.25) is 5.88 Å². The fourth-order valence-corrected chi connectivity index (χ4v) is 1.65. The van der Waals surface area contributed by atoms with Crippen molar-refractivity contribution in [3.05, 3.63) is 52.1 Å². The maximum absolute atomic E-state index is 9.02. The minimum absolute atomic E-state index is 0.0156. The molecule has 1 aromatic carbocycles. The summed E-state index contributed by atoms with van der Waals surface area (Å²) in [6, 6.07) is 9.19. The normalized spacial score (nSPS) is 10.3. The smallest absolute Gasteiger partial charge is 0.219 e. The van der Waals surface area contributed by atoms with E-state index in [1.165, 1.54) is 0 Å². The van der Waals surface area contributed by atoms with Crippen molar-refractivity contribution in [2.45, 2.75) is 13.5 Å². The fourth-order valence-electron chi connectivity index (χ4n) is 1.41. The van der Waals surface area contributed by atoms with Gasteiger partial charge in [-0.15, -0.1) is 0 Å². The largest absolute Gasteiger partial charge is 0.439 e. The van der Waals surface area contributed by atoms with Crippen LogP contribution >= 0.6 is 15.9 Å². The van der Waals surface area contributed by atoms with Gasteiger partial charge in [-0.2, -0.15) is 0 Å². The number of hydrogen-bond acceptors (Lipinski definition) is 3. The number of hydrogen-bond donors (Lipinski definition) is 1. The Morgan fingerprint density at radius 3 is 2.82 bits per heavy atom. The number of pyridine rings is 1. The Bertz CT molecular complexity index is 529. The molecular weight excluding hydrogens is 282 g/mol. The molecule has 88 valence electrons. The van der Waals surface area contributed by atoms with Crippen molar-refractivity contribution in [3.8, 4) is 11.6 Å². The first kappa shape index (κ1) is 12.1. The van der Waals surface area contributed by atoms with E-state index in [1.54, 1.807) is 18.3 Å². The third kappa shape index (κ3) is 3.05. The number of halogens is 1. The highest BCUT2D eigenvalue weighted by molar-refractivity contribution is 9.10. The molecule has 1 heterocycles. The lowest BCUT2D eigenvalue weighted by Gasteiger charge is -2.07. The third-order valence-corrected chi connectivity index (χ3v) is 3.22. The molecule has 0 radical (unpaired) electrons. The Morgan fingerprint density at radius 2 is 2.12 bits per heavy atom. The summed E-state index contributed by atoms with van der Waals surface area (Å²) in [5, 5.41) is 9.02. The number of aliphatic hydroxyl groups excluding tert-OH is 1. The molecule has 0 spiro atoms. The maximum atomic E-state index is 9.02. The van der Waals surface area contributed by atoms with E-state index >= 15 is 0 Å². The van der Waals surface area contributed by atoms with E-state index in [1.807, 2.05) is 25.1 Å². The fraction of sp³-hybridized carbons (Fsp3) is 0.154. The van der Waals surface area contributed by atoms with Crippen molar-refractivity contribution < 1.29 is 9.84 Å². The molecule has 2 aromatic rings. The highest BCUT2D eigenvalue weighted by Gasteiger charge is 2.02. The molecule has 0 saturated carbocycles. The van der Waals surface area contributed by atoms with Gasteiger partial charge in [0, 0.05) is 16.7 Å². The molecule has 4 heteroatoms. The van der Waals surface area contributed by atoms with Crippen molar-refractivity contribution in [1.29, 1.82) is 0 Å². The number of nitrogens with zero attached hydrogens (tertiary/aromatic N) is 1. The summed E-state index contributed by atoms with van der Waals surface area (Å²) in [4.78, 5) is 4.09. The van der Waals surface area contributed by atoms with Gasteiger partial charge in [-0.05, 0) is 42.3 Å². The molecule has 0 aliphatic carbocycles. The molecule has 0 aliphatic rings. The molecule has 0 fully saturated rings. The van der Waals surface area contributed by atoms with E-state index < -0.39 is 0 Å². The van der Waals surface area contributed by atoms with Crippen LogP contribution in [0.3, 0.4) is 0 Å². The molecule has 0 bridgehead atoms. The minimum Gasteiger partial charge on any atom is -0.439 e. The van der Waals surface area contributed by atoms with Gasteiger partial charge in [-0.1, -0.05) is 15.9 Å². The van der Waals surface area contributed by atoms with E-state index in [0.29, 0.717) is 5.88 Å². The minimum atomic E-state index is -0.0156. The zero-order valence-electron chi connectivity index (χ0n) is 9.35. The van der Waals surface area contributed by atoms with Crippen LogP contribution in [0.15, 0.2) is 41.0 Å². The second-order valence-corrected chi connectivity index (χ2v) is 4.53. The quantitative estimate of drug-likeness (QED) is 0.943. The van der Waals surface area contributed by atoms with Crippen LogP contribution in [0.1, 0.15) is 11.1 Å². The van der Waals surface area contributed by atoms with Crippen LogP contribution in [-0.2, 0) is 6.61 Å². The molecule has 0 atom stereocenters. The Kier molecular flexibility index (Phi) is 3.76. The Balaban J connectivity index is 2.22. The molecular formula is C13H12BrNO2. The van der Waals surface area contributed by atoms with Crippen LogP contribution in [0.4, 0.5) is 0 Å². The molecule has 0 unspecified atom stereocenters. The second-order valence-electron chi connectivity index (χ2n) is 3.67.